The smallest absolute Gasteiger partial charge is 0.302 e. The van der Waals surface area contributed by atoms with Crippen molar-refractivity contribution >= 4 is 17.1 Å². The van der Waals surface area contributed by atoms with E-state index in [4.69, 9.17) is 0 Å². The number of benzene rings is 1. The summed E-state index contributed by atoms with van der Waals surface area (Å²) >= 11 is 0. The number of nitrogens with zero attached hydrogens (tertiary/aromatic N) is 3. The van der Waals surface area contributed by atoms with Gasteiger partial charge in [0.15, 0.2) is 5.69 Å². The van der Waals surface area contributed by atoms with E-state index in [0.29, 0.717) is 19.0 Å². The number of aliphatic hydroxyl groups is 1. The fourth-order valence-corrected chi connectivity index (χ4v) is 3.12. The van der Waals surface area contributed by atoms with E-state index in [2.05, 4.69) is 6.92 Å². The molecule has 1 N–H and O–H groups in total. The zero-order valence-electron chi connectivity index (χ0n) is 13.3. The van der Waals surface area contributed by atoms with Crippen LogP contribution in [-0.2, 0) is 6.61 Å². The third-order valence-corrected chi connectivity index (χ3v) is 4.50. The van der Waals surface area contributed by atoms with Crippen LogP contribution in [0.4, 0.5) is 17.1 Å². The van der Waals surface area contributed by atoms with E-state index in [9.17, 15) is 25.3 Å². The number of nitro groups is 2. The second-order valence-electron chi connectivity index (χ2n) is 6.07. The number of rotatable bonds is 4. The van der Waals surface area contributed by atoms with Gasteiger partial charge in [-0.15, -0.1) is 0 Å². The van der Waals surface area contributed by atoms with Gasteiger partial charge in [0.1, 0.15) is 0 Å². The lowest BCUT2D eigenvalue weighted by Gasteiger charge is -2.23. The van der Waals surface area contributed by atoms with E-state index >= 15 is 0 Å². The van der Waals surface area contributed by atoms with Gasteiger partial charge in [0.05, 0.1) is 16.5 Å². The topological polar surface area (TPSA) is 110 Å². The van der Waals surface area contributed by atoms with E-state index in [0.717, 1.165) is 19.3 Å². The monoisotopic (exact) mass is 323 g/mol. The Balaban J connectivity index is 2.65. The van der Waals surface area contributed by atoms with E-state index in [1.807, 2.05) is 0 Å². The molecule has 0 amide bonds. The molecule has 1 atom stereocenters. The third-order valence-electron chi connectivity index (χ3n) is 4.50. The molecule has 1 fully saturated rings. The zero-order chi connectivity index (χ0) is 17.1. The van der Waals surface area contributed by atoms with E-state index in [-0.39, 0.29) is 28.2 Å². The second kappa shape index (κ2) is 6.91. The first-order chi connectivity index (χ1) is 10.9. The lowest BCUT2D eigenvalue weighted by Crippen LogP contribution is -2.26. The number of aliphatic hydroxyl groups excluding tert-OH is 1. The number of anilines is 1. The number of nitro benzene ring substituents is 2. The summed E-state index contributed by atoms with van der Waals surface area (Å²) in [5.74, 6) is 0.496. The van der Waals surface area contributed by atoms with Crippen LogP contribution in [0.15, 0.2) is 6.07 Å². The van der Waals surface area contributed by atoms with Crippen molar-refractivity contribution in [2.24, 2.45) is 5.92 Å². The van der Waals surface area contributed by atoms with E-state index < -0.39 is 16.5 Å². The van der Waals surface area contributed by atoms with Crippen LogP contribution in [0.3, 0.4) is 0 Å². The Hall–Kier alpha value is -2.22. The van der Waals surface area contributed by atoms with Gasteiger partial charge in [-0.25, -0.2) is 0 Å². The van der Waals surface area contributed by atoms with Crippen molar-refractivity contribution in [3.8, 4) is 0 Å². The molecule has 126 valence electrons. The average Bonchev–Trinajstić information content (AvgIpc) is 2.70. The average molecular weight is 323 g/mol. The van der Waals surface area contributed by atoms with Crippen LogP contribution in [0, 0.1) is 33.1 Å². The van der Waals surface area contributed by atoms with Gasteiger partial charge in [0.25, 0.3) is 5.69 Å². The molecule has 8 nitrogen and oxygen atoms in total. The maximum atomic E-state index is 11.6. The molecule has 1 aliphatic rings. The van der Waals surface area contributed by atoms with Crippen LogP contribution in [0.25, 0.3) is 0 Å². The lowest BCUT2D eigenvalue weighted by atomic mass is 10.0. The summed E-state index contributed by atoms with van der Waals surface area (Å²) in [4.78, 5) is 23.6. The molecule has 1 aromatic carbocycles. The van der Waals surface area contributed by atoms with Crippen LogP contribution >= 0.6 is 0 Å². The zero-order valence-corrected chi connectivity index (χ0v) is 13.3. The van der Waals surface area contributed by atoms with Gasteiger partial charge in [0, 0.05) is 24.7 Å². The Kier molecular flexibility index (Phi) is 5.15. The minimum Gasteiger partial charge on any atom is -0.392 e. The molecule has 8 heteroatoms. The van der Waals surface area contributed by atoms with E-state index in [1.54, 1.807) is 4.90 Å². The van der Waals surface area contributed by atoms with Crippen molar-refractivity contribution in [1.29, 1.82) is 0 Å². The molecule has 0 aromatic heterocycles. The van der Waals surface area contributed by atoms with E-state index in [1.165, 1.54) is 13.0 Å². The molecule has 0 radical (unpaired) electrons. The van der Waals surface area contributed by atoms with Crippen LogP contribution in [0.2, 0.25) is 0 Å². The van der Waals surface area contributed by atoms with Crippen molar-refractivity contribution in [1.82, 2.24) is 0 Å². The summed E-state index contributed by atoms with van der Waals surface area (Å²) in [7, 11) is 0. The number of hydrogen-bond donors (Lipinski definition) is 1. The highest BCUT2D eigenvalue weighted by Gasteiger charge is 2.34. The molecule has 1 aromatic rings. The molecule has 1 aliphatic heterocycles. The largest absolute Gasteiger partial charge is 0.392 e. The summed E-state index contributed by atoms with van der Waals surface area (Å²) in [6.07, 6.45) is 2.69. The van der Waals surface area contributed by atoms with Crippen molar-refractivity contribution in [3.05, 3.63) is 37.4 Å². The van der Waals surface area contributed by atoms with Gasteiger partial charge in [-0.2, -0.15) is 0 Å². The van der Waals surface area contributed by atoms with Crippen LogP contribution < -0.4 is 4.90 Å². The second-order valence-corrected chi connectivity index (χ2v) is 6.07. The minimum absolute atomic E-state index is 0.0730. The first kappa shape index (κ1) is 17.1. The molecular weight excluding hydrogens is 302 g/mol. The summed E-state index contributed by atoms with van der Waals surface area (Å²) < 4.78 is 0. The Bertz CT molecular complexity index is 632. The highest BCUT2D eigenvalue weighted by Crippen LogP contribution is 2.42. The maximum absolute atomic E-state index is 11.6. The first-order valence-electron chi connectivity index (χ1n) is 7.67. The normalized spacial score (nSPS) is 18.6. The van der Waals surface area contributed by atoms with Crippen LogP contribution in [0.5, 0.6) is 0 Å². The van der Waals surface area contributed by atoms with Crippen molar-refractivity contribution in [2.45, 2.75) is 39.7 Å². The standard InChI is InChI=1S/C15H21N3O5/c1-10-4-3-6-16(7-5-10)15-13(17(20)21)8-12(9-19)11(2)14(15)18(22)23/h8,10,19H,3-7,9H2,1-2H3. The molecule has 1 unspecified atom stereocenters. The summed E-state index contributed by atoms with van der Waals surface area (Å²) in [6.45, 7) is 4.29. The van der Waals surface area contributed by atoms with Crippen molar-refractivity contribution < 1.29 is 15.0 Å². The predicted molar refractivity (Wildman–Crippen MR) is 85.6 cm³/mol. The first-order valence-corrected chi connectivity index (χ1v) is 7.67. The highest BCUT2D eigenvalue weighted by molar-refractivity contribution is 5.79. The van der Waals surface area contributed by atoms with Gasteiger partial charge in [-0.1, -0.05) is 6.92 Å². The predicted octanol–water partition coefficient (Wildman–Crippen LogP) is 2.93. The van der Waals surface area contributed by atoms with Gasteiger partial charge < -0.3 is 10.0 Å². The third kappa shape index (κ3) is 3.42. The SMILES string of the molecule is Cc1c(CO)cc([N+](=O)[O-])c(N2CCCC(C)CC2)c1[N+](=O)[O-]. The van der Waals surface area contributed by atoms with Gasteiger partial charge in [0.2, 0.25) is 0 Å². The Morgan fingerprint density at radius 1 is 1.26 bits per heavy atom. The molecule has 0 aliphatic carbocycles. The summed E-state index contributed by atoms with van der Waals surface area (Å²) in [5.41, 5.74) is 0.00763. The fourth-order valence-electron chi connectivity index (χ4n) is 3.12. The molecule has 1 heterocycles. The minimum atomic E-state index is -0.602. The van der Waals surface area contributed by atoms with Crippen LogP contribution in [0.1, 0.15) is 37.3 Å². The van der Waals surface area contributed by atoms with Gasteiger partial charge in [-0.3, -0.25) is 20.2 Å². The Morgan fingerprint density at radius 3 is 2.52 bits per heavy atom. The van der Waals surface area contributed by atoms with Crippen LogP contribution in [-0.4, -0.2) is 28.0 Å². The summed E-state index contributed by atoms with van der Waals surface area (Å²) in [5, 5.41) is 32.3. The maximum Gasteiger partial charge on any atom is 0.302 e. The van der Waals surface area contributed by atoms with Gasteiger partial charge >= 0.3 is 5.69 Å². The molecule has 0 saturated carbocycles. The summed E-state index contributed by atoms with van der Waals surface area (Å²) in [6, 6.07) is 1.26. The quantitative estimate of drug-likeness (QED) is 0.674. The van der Waals surface area contributed by atoms with Gasteiger partial charge in [-0.05, 0) is 37.7 Å². The Labute approximate surface area is 134 Å². The Morgan fingerprint density at radius 2 is 1.96 bits per heavy atom. The fraction of sp³-hybridized carbons (Fsp3) is 0.600. The molecular formula is C15H21N3O5. The molecule has 23 heavy (non-hydrogen) atoms. The molecule has 0 spiro atoms. The molecule has 2 rings (SSSR count). The van der Waals surface area contributed by atoms with Crippen molar-refractivity contribution in [2.75, 3.05) is 18.0 Å². The lowest BCUT2D eigenvalue weighted by molar-refractivity contribution is -0.393. The molecule has 1 saturated heterocycles. The highest BCUT2D eigenvalue weighted by atomic mass is 16.6. The number of hydrogen-bond acceptors (Lipinski definition) is 6. The molecule has 0 bridgehead atoms. The van der Waals surface area contributed by atoms with Crippen molar-refractivity contribution in [3.63, 3.8) is 0 Å².